The minimum atomic E-state index is -2.00. The molecule has 0 fully saturated rings. The first-order valence-electron chi connectivity index (χ1n) is 6.85. The standard InChI is InChI=1S/C12H19O2Si.C5H5.Fe/c1-13-15(3,14-2)11-7-6-10-12-8-4-5-9-12;1-2-4-5-3-1;/h4-5,7-9,11H,6,10H2,1-3H3;1-5H;/q2*-1;+2/b11-7-;;. The van der Waals surface area contributed by atoms with Crippen molar-refractivity contribution in [2.24, 2.45) is 0 Å². The van der Waals surface area contributed by atoms with Crippen molar-refractivity contribution in [3.8, 4) is 0 Å². The van der Waals surface area contributed by atoms with E-state index in [1.807, 2.05) is 36.9 Å². The van der Waals surface area contributed by atoms with E-state index in [0.717, 1.165) is 12.8 Å². The average molecular weight is 344 g/mol. The summed E-state index contributed by atoms with van der Waals surface area (Å²) in [5, 5.41) is 0. The zero-order chi connectivity index (χ0) is 14.7. The molecule has 0 unspecified atom stereocenters. The fourth-order valence-corrected chi connectivity index (χ4v) is 2.70. The first-order chi connectivity index (χ1) is 9.70. The fourth-order valence-electron chi connectivity index (χ4n) is 1.67. The van der Waals surface area contributed by atoms with E-state index in [0.29, 0.717) is 0 Å². The Morgan fingerprint density at radius 1 is 1.05 bits per heavy atom. The smallest absolute Gasteiger partial charge is 0.395 e. The van der Waals surface area contributed by atoms with Gasteiger partial charge in [0.05, 0.1) is 0 Å². The van der Waals surface area contributed by atoms with Gasteiger partial charge in [0.1, 0.15) is 0 Å². The van der Waals surface area contributed by atoms with Crippen LogP contribution in [0.5, 0.6) is 0 Å². The Bertz CT molecular complexity index is 428. The van der Waals surface area contributed by atoms with Crippen LogP contribution >= 0.6 is 0 Å². The van der Waals surface area contributed by atoms with E-state index in [4.69, 9.17) is 8.85 Å². The summed E-state index contributed by atoms with van der Waals surface area (Å²) >= 11 is 0. The average Bonchev–Trinajstić information content (AvgIpc) is 3.18. The third kappa shape index (κ3) is 8.86. The van der Waals surface area contributed by atoms with E-state index in [2.05, 4.69) is 36.0 Å². The van der Waals surface area contributed by atoms with Gasteiger partial charge < -0.3 is 8.85 Å². The predicted molar refractivity (Wildman–Crippen MR) is 87.2 cm³/mol. The van der Waals surface area contributed by atoms with Crippen molar-refractivity contribution in [2.75, 3.05) is 14.2 Å². The van der Waals surface area contributed by atoms with Crippen molar-refractivity contribution in [3.05, 3.63) is 71.9 Å². The van der Waals surface area contributed by atoms with Crippen LogP contribution in [0.3, 0.4) is 0 Å². The molecule has 0 N–H and O–H groups in total. The second-order valence-corrected chi connectivity index (χ2v) is 7.80. The summed E-state index contributed by atoms with van der Waals surface area (Å²) in [6.45, 7) is 2.03. The number of hydrogen-bond donors (Lipinski definition) is 0. The van der Waals surface area contributed by atoms with Gasteiger partial charge in [0.2, 0.25) is 0 Å². The molecule has 0 bridgehead atoms. The Kier molecular flexibility index (Phi) is 11.2. The Balaban J connectivity index is 0.000000562. The second kappa shape index (κ2) is 11.7. The van der Waals surface area contributed by atoms with E-state index in [1.165, 1.54) is 5.56 Å². The summed E-state index contributed by atoms with van der Waals surface area (Å²) < 4.78 is 10.7. The van der Waals surface area contributed by atoms with Crippen LogP contribution in [0.15, 0.2) is 66.4 Å². The molecule has 2 aromatic carbocycles. The number of allylic oxidation sites excluding steroid dienone is 1. The molecule has 0 spiro atoms. The Morgan fingerprint density at radius 2 is 1.62 bits per heavy atom. The van der Waals surface area contributed by atoms with Gasteiger partial charge in [-0.05, 0) is 18.7 Å². The van der Waals surface area contributed by atoms with Crippen LogP contribution in [-0.4, -0.2) is 22.8 Å². The van der Waals surface area contributed by atoms with Crippen molar-refractivity contribution < 1.29 is 25.9 Å². The summed E-state index contributed by atoms with van der Waals surface area (Å²) in [7, 11) is 1.41. The Morgan fingerprint density at radius 3 is 2.05 bits per heavy atom. The Hall–Kier alpha value is -0.904. The van der Waals surface area contributed by atoms with Gasteiger partial charge in [-0.1, -0.05) is 12.5 Å². The van der Waals surface area contributed by atoms with E-state index >= 15 is 0 Å². The normalized spacial score (nSPS) is 10.8. The molecule has 0 saturated heterocycles. The molecule has 0 aliphatic heterocycles. The molecule has 4 heteroatoms. The van der Waals surface area contributed by atoms with Crippen LogP contribution < -0.4 is 0 Å². The van der Waals surface area contributed by atoms with Gasteiger partial charge in [0.25, 0.3) is 0 Å². The van der Waals surface area contributed by atoms with Crippen LogP contribution in [0.25, 0.3) is 0 Å². The molecule has 0 atom stereocenters. The number of aryl methyl sites for hydroxylation is 1. The summed E-state index contributed by atoms with van der Waals surface area (Å²) in [4.78, 5) is 0. The molecule has 0 saturated carbocycles. The molecule has 0 heterocycles. The largest absolute Gasteiger partial charge is 2.00 e. The van der Waals surface area contributed by atoms with E-state index in [1.54, 1.807) is 14.2 Å². The zero-order valence-corrected chi connectivity index (χ0v) is 15.0. The van der Waals surface area contributed by atoms with Crippen LogP contribution in [-0.2, 0) is 32.3 Å². The molecule has 2 aromatic rings. The quantitative estimate of drug-likeness (QED) is 0.578. The maximum absolute atomic E-state index is 5.35. The maximum atomic E-state index is 5.35. The molecule has 116 valence electrons. The summed E-state index contributed by atoms with van der Waals surface area (Å²) in [6, 6.07) is 18.4. The van der Waals surface area contributed by atoms with Crippen LogP contribution in [0.1, 0.15) is 12.0 Å². The molecular formula is C17H24FeO2Si. The van der Waals surface area contributed by atoms with Crippen molar-refractivity contribution in [2.45, 2.75) is 19.4 Å². The van der Waals surface area contributed by atoms with Crippen molar-refractivity contribution in [3.63, 3.8) is 0 Å². The van der Waals surface area contributed by atoms with Gasteiger partial charge >= 0.3 is 25.6 Å². The number of hydrogen-bond acceptors (Lipinski definition) is 2. The SMILES string of the molecule is CO[Si](C)(/C=C\CC[c-]1cccc1)OC.[Fe+2].c1cc[cH-]c1. The molecule has 0 aliphatic carbocycles. The Labute approximate surface area is 140 Å². The number of rotatable bonds is 6. The molecule has 0 amide bonds. The summed E-state index contributed by atoms with van der Waals surface area (Å²) in [5.74, 6) is 0. The molecule has 0 aromatic heterocycles. The molecule has 2 nitrogen and oxygen atoms in total. The topological polar surface area (TPSA) is 18.5 Å². The van der Waals surface area contributed by atoms with Gasteiger partial charge in [-0.25, -0.2) is 24.3 Å². The van der Waals surface area contributed by atoms with Gasteiger partial charge in [0.15, 0.2) is 0 Å². The van der Waals surface area contributed by atoms with E-state index in [-0.39, 0.29) is 17.1 Å². The third-order valence-electron chi connectivity index (χ3n) is 3.12. The van der Waals surface area contributed by atoms with E-state index < -0.39 is 8.56 Å². The third-order valence-corrected chi connectivity index (χ3v) is 5.58. The molecule has 0 aliphatic rings. The van der Waals surface area contributed by atoms with Gasteiger partial charge in [0, 0.05) is 14.2 Å². The van der Waals surface area contributed by atoms with Crippen molar-refractivity contribution in [1.82, 2.24) is 0 Å². The molecule has 21 heavy (non-hydrogen) atoms. The van der Waals surface area contributed by atoms with Gasteiger partial charge in [-0.15, -0.1) is 0 Å². The van der Waals surface area contributed by atoms with Crippen LogP contribution in [0.2, 0.25) is 6.55 Å². The second-order valence-electron chi connectivity index (χ2n) is 4.62. The summed E-state index contributed by atoms with van der Waals surface area (Å²) in [5.41, 5.74) is 3.48. The van der Waals surface area contributed by atoms with Crippen molar-refractivity contribution in [1.29, 1.82) is 0 Å². The zero-order valence-electron chi connectivity index (χ0n) is 12.9. The minimum Gasteiger partial charge on any atom is -0.395 e. The fraction of sp³-hybridized carbons (Fsp3) is 0.294. The maximum Gasteiger partial charge on any atom is 2.00 e. The minimum absolute atomic E-state index is 0. The molecule has 2 rings (SSSR count). The monoisotopic (exact) mass is 344 g/mol. The van der Waals surface area contributed by atoms with Crippen LogP contribution in [0.4, 0.5) is 0 Å². The predicted octanol–water partition coefficient (Wildman–Crippen LogP) is 4.20. The first kappa shape index (κ1) is 20.1. The first-order valence-corrected chi connectivity index (χ1v) is 9.25. The summed E-state index contributed by atoms with van der Waals surface area (Å²) in [6.07, 6.45) is 4.28. The van der Waals surface area contributed by atoms with Gasteiger partial charge in [-0.3, -0.25) is 0 Å². The molecule has 0 radical (unpaired) electrons. The van der Waals surface area contributed by atoms with Crippen molar-refractivity contribution >= 4 is 8.56 Å². The van der Waals surface area contributed by atoms with E-state index in [9.17, 15) is 0 Å². The molecular weight excluding hydrogens is 320 g/mol. The van der Waals surface area contributed by atoms with Crippen LogP contribution in [0, 0.1) is 0 Å². The van der Waals surface area contributed by atoms with Gasteiger partial charge in [-0.2, -0.15) is 35.9 Å².